The fraction of sp³-hybridized carbons (Fsp3) is 0.364. The Bertz CT molecular complexity index is 1130. The minimum atomic E-state index is -4.71. The fourth-order valence-electron chi connectivity index (χ4n) is 3.53. The molecule has 1 amide bonds. The van der Waals surface area contributed by atoms with Gasteiger partial charge in [0.05, 0.1) is 16.8 Å². The van der Waals surface area contributed by atoms with Crippen LogP contribution in [0.2, 0.25) is 0 Å². The molecular formula is C22H23F3N5O3S-. The van der Waals surface area contributed by atoms with Gasteiger partial charge in [0.15, 0.2) is 5.13 Å². The van der Waals surface area contributed by atoms with Gasteiger partial charge < -0.3 is 25.3 Å². The summed E-state index contributed by atoms with van der Waals surface area (Å²) >= 11 is 1.33. The lowest BCUT2D eigenvalue weighted by Crippen LogP contribution is -2.55. The first-order valence-corrected chi connectivity index (χ1v) is 11.2. The highest BCUT2D eigenvalue weighted by Gasteiger charge is 2.36. The highest BCUT2D eigenvalue weighted by atomic mass is 32.1. The zero-order valence-electron chi connectivity index (χ0n) is 18.6. The molecule has 182 valence electrons. The number of alkyl halides is 3. The van der Waals surface area contributed by atoms with Crippen molar-refractivity contribution in [1.29, 1.82) is 0 Å². The van der Waals surface area contributed by atoms with Gasteiger partial charge in [0, 0.05) is 23.3 Å². The maximum atomic E-state index is 13.9. The van der Waals surface area contributed by atoms with Gasteiger partial charge in [0.25, 0.3) is 0 Å². The highest BCUT2D eigenvalue weighted by molar-refractivity contribution is 7.13. The number of carbonyl (C=O) groups excluding carboxylic acids is 1. The molecule has 0 bridgehead atoms. The van der Waals surface area contributed by atoms with Gasteiger partial charge in [-0.3, -0.25) is 0 Å². The van der Waals surface area contributed by atoms with Crippen LogP contribution in [0, 0.1) is 5.92 Å². The van der Waals surface area contributed by atoms with Crippen LogP contribution in [0.4, 0.5) is 29.0 Å². The number of aromatic nitrogens is 3. The quantitative estimate of drug-likeness (QED) is 0.451. The molecule has 0 radical (unpaired) electrons. The summed E-state index contributed by atoms with van der Waals surface area (Å²) in [7, 11) is 0. The summed E-state index contributed by atoms with van der Waals surface area (Å²) in [6, 6.07) is 5.08. The van der Waals surface area contributed by atoms with E-state index >= 15 is 0 Å². The van der Waals surface area contributed by atoms with E-state index in [4.69, 9.17) is 4.74 Å². The molecule has 1 aromatic carbocycles. The average molecular weight is 495 g/mol. The van der Waals surface area contributed by atoms with Gasteiger partial charge in [-0.25, -0.2) is 15.0 Å². The maximum absolute atomic E-state index is 13.9. The largest absolute Gasteiger partial charge is 0.530 e. The minimum Gasteiger partial charge on any atom is -0.530 e. The normalized spacial score (nSPS) is 13.4. The number of nitrogens with zero attached hydrogens (tertiary/aromatic N) is 3. The van der Waals surface area contributed by atoms with Crippen LogP contribution in [0.5, 0.6) is 5.75 Å². The molecular weight excluding hydrogens is 471 g/mol. The number of benzene rings is 1. The van der Waals surface area contributed by atoms with Gasteiger partial charge in [0.1, 0.15) is 18.4 Å². The van der Waals surface area contributed by atoms with E-state index in [1.165, 1.54) is 35.7 Å². The van der Waals surface area contributed by atoms with E-state index < -0.39 is 29.1 Å². The van der Waals surface area contributed by atoms with Crippen molar-refractivity contribution in [3.8, 4) is 17.0 Å². The second kappa shape index (κ2) is 10.2. The SMILES string of the molecule is CC(C)CC(C)(COc1ccc(-c2ccnc(Nc3nccs3)n2)cc1C(F)(F)F)NC(=O)[O-]. The van der Waals surface area contributed by atoms with Crippen LogP contribution in [-0.4, -0.2) is 33.2 Å². The third kappa shape index (κ3) is 6.80. The number of hydrogen-bond donors (Lipinski definition) is 2. The molecule has 0 aliphatic carbocycles. The number of ether oxygens (including phenoxy) is 1. The van der Waals surface area contributed by atoms with E-state index in [-0.39, 0.29) is 29.7 Å². The molecule has 0 fully saturated rings. The third-order valence-electron chi connectivity index (χ3n) is 4.70. The number of hydrogen-bond acceptors (Lipinski definition) is 8. The lowest BCUT2D eigenvalue weighted by molar-refractivity contribution is -0.253. The van der Waals surface area contributed by atoms with Crippen LogP contribution in [0.15, 0.2) is 42.0 Å². The number of amides is 1. The molecule has 3 rings (SSSR count). The number of anilines is 2. The van der Waals surface area contributed by atoms with Crippen LogP contribution in [0.3, 0.4) is 0 Å². The van der Waals surface area contributed by atoms with E-state index in [9.17, 15) is 23.1 Å². The maximum Gasteiger partial charge on any atom is 0.419 e. The first-order chi connectivity index (χ1) is 15.9. The number of carboxylic acid groups (broad SMARTS) is 1. The first kappa shape index (κ1) is 25.2. The van der Waals surface area contributed by atoms with Crippen molar-refractivity contribution in [3.63, 3.8) is 0 Å². The van der Waals surface area contributed by atoms with Crippen LogP contribution >= 0.6 is 11.3 Å². The Morgan fingerprint density at radius 1 is 1.21 bits per heavy atom. The van der Waals surface area contributed by atoms with E-state index in [1.54, 1.807) is 18.5 Å². The minimum absolute atomic E-state index is 0.0647. The van der Waals surface area contributed by atoms with E-state index in [0.29, 0.717) is 11.6 Å². The van der Waals surface area contributed by atoms with Gasteiger partial charge in [-0.05, 0) is 43.5 Å². The predicted octanol–water partition coefficient (Wildman–Crippen LogP) is 4.48. The first-order valence-electron chi connectivity index (χ1n) is 10.3. The molecule has 0 aliphatic rings. The summed E-state index contributed by atoms with van der Waals surface area (Å²) in [6.07, 6.45) is -2.87. The lowest BCUT2D eigenvalue weighted by Gasteiger charge is -2.34. The predicted molar refractivity (Wildman–Crippen MR) is 120 cm³/mol. The average Bonchev–Trinajstić information content (AvgIpc) is 3.23. The zero-order chi connectivity index (χ0) is 24.9. The highest BCUT2D eigenvalue weighted by Crippen LogP contribution is 2.39. The zero-order valence-corrected chi connectivity index (χ0v) is 19.5. The monoisotopic (exact) mass is 494 g/mol. The van der Waals surface area contributed by atoms with Crippen molar-refractivity contribution in [2.24, 2.45) is 5.92 Å². The molecule has 0 saturated heterocycles. The molecule has 8 nitrogen and oxygen atoms in total. The van der Waals surface area contributed by atoms with Crippen molar-refractivity contribution in [2.75, 3.05) is 11.9 Å². The lowest BCUT2D eigenvalue weighted by atomic mass is 9.91. The summed E-state index contributed by atoms with van der Waals surface area (Å²) in [4.78, 5) is 23.5. The second-order valence-electron chi connectivity index (χ2n) is 8.30. The van der Waals surface area contributed by atoms with Gasteiger partial charge in [-0.1, -0.05) is 13.8 Å². The fourth-order valence-corrected chi connectivity index (χ4v) is 4.05. The summed E-state index contributed by atoms with van der Waals surface area (Å²) in [5.41, 5.74) is -1.65. The number of rotatable bonds is 9. The smallest absolute Gasteiger partial charge is 0.419 e. The molecule has 2 heterocycles. The summed E-state index contributed by atoms with van der Waals surface area (Å²) in [5, 5.41) is 18.5. The molecule has 12 heteroatoms. The van der Waals surface area contributed by atoms with Gasteiger partial charge >= 0.3 is 6.18 Å². The molecule has 0 saturated carbocycles. The Kier molecular flexibility index (Phi) is 7.60. The van der Waals surface area contributed by atoms with Crippen LogP contribution in [0.1, 0.15) is 32.8 Å². The van der Waals surface area contributed by atoms with Crippen molar-refractivity contribution in [3.05, 3.63) is 47.6 Å². The van der Waals surface area contributed by atoms with Crippen molar-refractivity contribution in [1.82, 2.24) is 20.3 Å². The Balaban J connectivity index is 1.88. The Morgan fingerprint density at radius 2 is 1.97 bits per heavy atom. The molecule has 34 heavy (non-hydrogen) atoms. The number of halogens is 3. The van der Waals surface area contributed by atoms with Gasteiger partial charge in [0.2, 0.25) is 5.95 Å². The van der Waals surface area contributed by atoms with Crippen LogP contribution < -0.4 is 20.5 Å². The Labute approximate surface area is 198 Å². The Hall–Kier alpha value is -3.41. The Morgan fingerprint density at radius 3 is 2.59 bits per heavy atom. The van der Waals surface area contributed by atoms with Crippen LogP contribution in [-0.2, 0) is 6.18 Å². The standard InChI is InChI=1S/C22H24F3N5O3S/c1-13(2)11-21(3,30-20(31)32)12-33-17-5-4-14(10-15(17)22(23,24)25)16-6-7-26-18(28-16)29-19-27-8-9-34-19/h4-10,13,30H,11-12H2,1-3H3,(H,31,32)(H,26,27,28,29)/p-1. The number of thiazole rings is 1. The van der Waals surface area contributed by atoms with Crippen molar-refractivity contribution < 1.29 is 27.8 Å². The van der Waals surface area contributed by atoms with Crippen molar-refractivity contribution >= 4 is 28.5 Å². The van der Waals surface area contributed by atoms with Gasteiger partial charge in [-0.15, -0.1) is 11.3 Å². The molecule has 1 atom stereocenters. The molecule has 2 aromatic heterocycles. The van der Waals surface area contributed by atoms with E-state index in [0.717, 1.165) is 6.07 Å². The number of nitrogens with one attached hydrogen (secondary N) is 2. The molecule has 2 N–H and O–H groups in total. The molecule has 3 aromatic rings. The number of carbonyl (C=O) groups is 1. The molecule has 1 unspecified atom stereocenters. The summed E-state index contributed by atoms with van der Waals surface area (Å²) in [5.74, 6) is -0.157. The molecule has 0 aliphatic heterocycles. The second-order valence-corrected chi connectivity index (χ2v) is 9.19. The van der Waals surface area contributed by atoms with Crippen LogP contribution in [0.25, 0.3) is 11.3 Å². The third-order valence-corrected chi connectivity index (χ3v) is 5.38. The topological polar surface area (TPSA) is 112 Å². The van der Waals surface area contributed by atoms with Crippen molar-refractivity contribution in [2.45, 2.75) is 38.9 Å². The summed E-state index contributed by atoms with van der Waals surface area (Å²) < 4.78 is 47.1. The van der Waals surface area contributed by atoms with E-state index in [1.807, 2.05) is 13.8 Å². The molecule has 0 spiro atoms. The van der Waals surface area contributed by atoms with Gasteiger partial charge in [-0.2, -0.15) is 13.2 Å². The van der Waals surface area contributed by atoms with E-state index in [2.05, 4.69) is 25.6 Å². The summed E-state index contributed by atoms with van der Waals surface area (Å²) in [6.45, 7) is 4.98.